The van der Waals surface area contributed by atoms with E-state index in [0.717, 1.165) is 17.5 Å². The number of hydrogen-bond acceptors (Lipinski definition) is 2. The molecule has 1 heterocycles. The average Bonchev–Trinajstić information content (AvgIpc) is 2.05. The molecule has 0 amide bonds. The molecule has 0 aliphatic carbocycles. The van der Waals surface area contributed by atoms with Gasteiger partial charge in [-0.15, -0.1) is 0 Å². The van der Waals surface area contributed by atoms with Gasteiger partial charge in [0.2, 0.25) is 0 Å². The largest absolute Gasteiger partial charge is 0.322 e. The molecule has 0 aliphatic rings. The lowest BCUT2D eigenvalue weighted by atomic mass is 9.91. The van der Waals surface area contributed by atoms with Crippen molar-refractivity contribution in [1.29, 1.82) is 0 Å². The van der Waals surface area contributed by atoms with Crippen LogP contribution >= 0.6 is 0 Å². The summed E-state index contributed by atoms with van der Waals surface area (Å²) in [5, 5.41) is 0. The zero-order valence-corrected chi connectivity index (χ0v) is 7.96. The van der Waals surface area contributed by atoms with Gasteiger partial charge in [-0.3, -0.25) is 4.98 Å². The molecule has 12 heavy (non-hydrogen) atoms. The van der Waals surface area contributed by atoms with Crippen LogP contribution in [0.15, 0.2) is 18.5 Å². The summed E-state index contributed by atoms with van der Waals surface area (Å²) in [5.41, 5.74) is 8.11. The third-order valence-electron chi connectivity index (χ3n) is 2.27. The molecule has 0 aliphatic heterocycles. The monoisotopic (exact) mass is 164 g/mol. The van der Waals surface area contributed by atoms with Gasteiger partial charge >= 0.3 is 0 Å². The van der Waals surface area contributed by atoms with Crippen LogP contribution in [-0.2, 0) is 5.54 Å². The fraction of sp³-hybridized carbons (Fsp3) is 0.500. The van der Waals surface area contributed by atoms with Crippen molar-refractivity contribution in [2.75, 3.05) is 0 Å². The lowest BCUT2D eigenvalue weighted by molar-refractivity contribution is 0.474. The third-order valence-corrected chi connectivity index (χ3v) is 2.27. The topological polar surface area (TPSA) is 38.9 Å². The maximum atomic E-state index is 6.07. The van der Waals surface area contributed by atoms with E-state index in [1.165, 1.54) is 0 Å². The Hall–Kier alpha value is -0.890. The fourth-order valence-electron chi connectivity index (χ4n) is 1.07. The molecule has 0 aromatic carbocycles. The summed E-state index contributed by atoms with van der Waals surface area (Å²) in [4.78, 5) is 4.12. The second kappa shape index (κ2) is 3.23. The van der Waals surface area contributed by atoms with Gasteiger partial charge in [0.1, 0.15) is 0 Å². The molecular formula is C10H16N2. The molecule has 1 unspecified atom stereocenters. The van der Waals surface area contributed by atoms with Gasteiger partial charge < -0.3 is 5.73 Å². The maximum absolute atomic E-state index is 6.07. The Morgan fingerprint density at radius 2 is 2.17 bits per heavy atom. The van der Waals surface area contributed by atoms with Crippen molar-refractivity contribution >= 4 is 0 Å². The van der Waals surface area contributed by atoms with Crippen molar-refractivity contribution in [3.8, 4) is 0 Å². The first kappa shape index (κ1) is 9.20. The second-order valence-corrected chi connectivity index (χ2v) is 3.52. The molecule has 2 N–H and O–H groups in total. The standard InChI is InChI=1S/C10H16N2/c1-4-10(3,11)9-5-8(2)6-12-7-9/h5-7H,4,11H2,1-3H3. The van der Waals surface area contributed by atoms with Crippen LogP contribution in [0.2, 0.25) is 0 Å². The predicted molar refractivity (Wildman–Crippen MR) is 50.8 cm³/mol. The fourth-order valence-corrected chi connectivity index (χ4v) is 1.07. The molecule has 0 fully saturated rings. The van der Waals surface area contributed by atoms with E-state index < -0.39 is 0 Å². The molecule has 0 saturated carbocycles. The van der Waals surface area contributed by atoms with Crippen LogP contribution in [-0.4, -0.2) is 4.98 Å². The highest BCUT2D eigenvalue weighted by Gasteiger charge is 2.18. The molecule has 0 radical (unpaired) electrons. The minimum absolute atomic E-state index is 0.237. The summed E-state index contributed by atoms with van der Waals surface area (Å²) >= 11 is 0. The number of nitrogens with zero attached hydrogens (tertiary/aromatic N) is 1. The third kappa shape index (κ3) is 1.83. The van der Waals surface area contributed by atoms with Gasteiger partial charge in [-0.1, -0.05) is 13.0 Å². The number of aryl methyl sites for hydroxylation is 1. The summed E-state index contributed by atoms with van der Waals surface area (Å²) in [6.07, 6.45) is 4.61. The Labute approximate surface area is 73.8 Å². The summed E-state index contributed by atoms with van der Waals surface area (Å²) in [7, 11) is 0. The minimum Gasteiger partial charge on any atom is -0.322 e. The van der Waals surface area contributed by atoms with Gasteiger partial charge in [0.15, 0.2) is 0 Å². The lowest BCUT2D eigenvalue weighted by Gasteiger charge is -2.22. The zero-order valence-electron chi connectivity index (χ0n) is 7.96. The predicted octanol–water partition coefficient (Wildman–Crippen LogP) is 1.97. The second-order valence-electron chi connectivity index (χ2n) is 3.52. The smallest absolute Gasteiger partial charge is 0.0393 e. The highest BCUT2D eigenvalue weighted by Crippen LogP contribution is 2.20. The summed E-state index contributed by atoms with van der Waals surface area (Å²) in [6.45, 7) is 6.15. The van der Waals surface area contributed by atoms with Crippen LogP contribution < -0.4 is 5.73 Å². The molecule has 1 rings (SSSR count). The van der Waals surface area contributed by atoms with Gasteiger partial charge in [0.05, 0.1) is 0 Å². The van der Waals surface area contributed by atoms with Crippen molar-refractivity contribution < 1.29 is 0 Å². The molecule has 0 saturated heterocycles. The van der Waals surface area contributed by atoms with E-state index >= 15 is 0 Å². The Kier molecular flexibility index (Phi) is 2.48. The van der Waals surface area contributed by atoms with Gasteiger partial charge in [0, 0.05) is 17.9 Å². The van der Waals surface area contributed by atoms with Crippen molar-refractivity contribution in [3.63, 3.8) is 0 Å². The Morgan fingerprint density at radius 3 is 2.67 bits per heavy atom. The van der Waals surface area contributed by atoms with Crippen LogP contribution in [0.5, 0.6) is 0 Å². The molecule has 1 aromatic heterocycles. The Balaban J connectivity index is 3.03. The number of aromatic nitrogens is 1. The van der Waals surface area contributed by atoms with Crippen molar-refractivity contribution in [1.82, 2.24) is 4.98 Å². The van der Waals surface area contributed by atoms with Crippen molar-refractivity contribution in [2.45, 2.75) is 32.7 Å². The average molecular weight is 164 g/mol. The van der Waals surface area contributed by atoms with Gasteiger partial charge in [-0.25, -0.2) is 0 Å². The molecule has 2 nitrogen and oxygen atoms in total. The van der Waals surface area contributed by atoms with Gasteiger partial charge in [-0.05, 0) is 31.4 Å². The van der Waals surface area contributed by atoms with Gasteiger partial charge in [0.25, 0.3) is 0 Å². The molecule has 2 heteroatoms. The van der Waals surface area contributed by atoms with E-state index in [2.05, 4.69) is 18.0 Å². The normalized spacial score (nSPS) is 15.7. The van der Waals surface area contributed by atoms with Crippen LogP contribution in [0.3, 0.4) is 0 Å². The summed E-state index contributed by atoms with van der Waals surface area (Å²) < 4.78 is 0. The van der Waals surface area contributed by atoms with Crippen molar-refractivity contribution in [2.24, 2.45) is 5.73 Å². The molecule has 0 spiro atoms. The maximum Gasteiger partial charge on any atom is 0.0393 e. The highest BCUT2D eigenvalue weighted by atomic mass is 14.7. The summed E-state index contributed by atoms with van der Waals surface area (Å²) in [5.74, 6) is 0. The van der Waals surface area contributed by atoms with E-state index in [0.29, 0.717) is 0 Å². The SMILES string of the molecule is CCC(C)(N)c1cncc(C)c1. The first-order chi connectivity index (χ1) is 5.56. The number of pyridine rings is 1. The zero-order chi connectivity index (χ0) is 9.19. The van der Waals surface area contributed by atoms with E-state index in [9.17, 15) is 0 Å². The molecule has 1 aromatic rings. The molecule has 1 atom stereocenters. The first-order valence-electron chi connectivity index (χ1n) is 4.27. The number of rotatable bonds is 2. The minimum atomic E-state index is -0.237. The lowest BCUT2D eigenvalue weighted by Crippen LogP contribution is -2.32. The van der Waals surface area contributed by atoms with E-state index in [4.69, 9.17) is 5.73 Å². The van der Waals surface area contributed by atoms with Crippen LogP contribution in [0.4, 0.5) is 0 Å². The summed E-state index contributed by atoms with van der Waals surface area (Å²) in [6, 6.07) is 2.09. The Bertz CT molecular complexity index is 266. The van der Waals surface area contributed by atoms with E-state index in [-0.39, 0.29) is 5.54 Å². The van der Waals surface area contributed by atoms with Crippen LogP contribution in [0.25, 0.3) is 0 Å². The van der Waals surface area contributed by atoms with Gasteiger partial charge in [-0.2, -0.15) is 0 Å². The van der Waals surface area contributed by atoms with Crippen molar-refractivity contribution in [3.05, 3.63) is 29.6 Å². The quantitative estimate of drug-likeness (QED) is 0.725. The van der Waals surface area contributed by atoms with E-state index in [1.807, 2.05) is 26.2 Å². The first-order valence-corrected chi connectivity index (χ1v) is 4.27. The molecule has 0 bridgehead atoms. The van der Waals surface area contributed by atoms with E-state index in [1.54, 1.807) is 0 Å². The number of hydrogen-bond donors (Lipinski definition) is 1. The Morgan fingerprint density at radius 1 is 1.50 bits per heavy atom. The molecule has 66 valence electrons. The highest BCUT2D eigenvalue weighted by molar-refractivity contribution is 5.23. The van der Waals surface area contributed by atoms with Crippen LogP contribution in [0, 0.1) is 6.92 Å². The van der Waals surface area contributed by atoms with Crippen LogP contribution in [0.1, 0.15) is 31.4 Å². The number of nitrogens with two attached hydrogens (primary N) is 1. The molecular weight excluding hydrogens is 148 g/mol.